The molecule has 0 radical (unpaired) electrons. The van der Waals surface area contributed by atoms with E-state index in [1.54, 1.807) is 25.1 Å². The van der Waals surface area contributed by atoms with E-state index in [4.69, 9.17) is 9.47 Å². The molecule has 1 aromatic carbocycles. The van der Waals surface area contributed by atoms with Crippen LogP contribution in [0.25, 0.3) is 0 Å². The Hall–Kier alpha value is -1.80. The fourth-order valence-corrected chi connectivity index (χ4v) is 2.63. The maximum absolute atomic E-state index is 12.0. The molecular formula is C13H20N2O5S. The molecule has 1 amide bonds. The molecule has 1 aromatic rings. The topological polar surface area (TPSA) is 93.7 Å². The first kappa shape index (κ1) is 17.3. The summed E-state index contributed by atoms with van der Waals surface area (Å²) >= 11 is 0. The minimum absolute atomic E-state index is 0.0172. The van der Waals surface area contributed by atoms with Crippen LogP contribution < -0.4 is 19.5 Å². The van der Waals surface area contributed by atoms with Gasteiger partial charge in [0.05, 0.1) is 25.5 Å². The van der Waals surface area contributed by atoms with Gasteiger partial charge < -0.3 is 14.8 Å². The number of carbonyl (C=O) groups is 1. The van der Waals surface area contributed by atoms with Crippen LogP contribution in [0.3, 0.4) is 0 Å². The average Bonchev–Trinajstić information content (AvgIpc) is 2.46. The molecule has 0 aliphatic heterocycles. The second-order valence-electron chi connectivity index (χ2n) is 4.14. The van der Waals surface area contributed by atoms with E-state index in [0.717, 1.165) is 0 Å². The van der Waals surface area contributed by atoms with Crippen molar-refractivity contribution in [3.8, 4) is 11.5 Å². The van der Waals surface area contributed by atoms with Crippen LogP contribution in [0.2, 0.25) is 0 Å². The number of sulfonamides is 1. The van der Waals surface area contributed by atoms with Crippen LogP contribution in [0.1, 0.15) is 17.3 Å². The predicted octanol–water partition coefficient (Wildman–Crippen LogP) is 0.373. The molecule has 0 aromatic heterocycles. The standard InChI is InChI=1S/C13H20N2O5S/c1-4-15-21(17,18)8-7-14-13(16)11-6-5-10(19-2)9-12(11)20-3/h5-6,9,15H,4,7-8H2,1-3H3,(H,14,16). The summed E-state index contributed by atoms with van der Waals surface area (Å²) in [5, 5.41) is 2.55. The van der Waals surface area contributed by atoms with Crippen LogP contribution in [-0.4, -0.2) is 47.4 Å². The molecule has 21 heavy (non-hydrogen) atoms. The van der Waals surface area contributed by atoms with E-state index < -0.39 is 15.9 Å². The number of nitrogens with one attached hydrogen (secondary N) is 2. The highest BCUT2D eigenvalue weighted by atomic mass is 32.2. The van der Waals surface area contributed by atoms with Crippen molar-refractivity contribution in [1.29, 1.82) is 0 Å². The number of methoxy groups -OCH3 is 2. The van der Waals surface area contributed by atoms with Crippen molar-refractivity contribution in [2.24, 2.45) is 0 Å². The monoisotopic (exact) mass is 316 g/mol. The van der Waals surface area contributed by atoms with Crippen LogP contribution in [0, 0.1) is 0 Å². The second-order valence-corrected chi connectivity index (χ2v) is 6.07. The first-order valence-corrected chi connectivity index (χ1v) is 8.06. The number of amides is 1. The smallest absolute Gasteiger partial charge is 0.255 e. The van der Waals surface area contributed by atoms with Gasteiger partial charge in [-0.1, -0.05) is 6.92 Å². The van der Waals surface area contributed by atoms with Crippen molar-refractivity contribution in [2.45, 2.75) is 6.92 Å². The fraction of sp³-hybridized carbons (Fsp3) is 0.462. The van der Waals surface area contributed by atoms with E-state index in [-0.39, 0.29) is 12.3 Å². The van der Waals surface area contributed by atoms with Gasteiger partial charge in [-0.3, -0.25) is 4.79 Å². The van der Waals surface area contributed by atoms with Gasteiger partial charge in [-0.25, -0.2) is 13.1 Å². The molecule has 0 heterocycles. The van der Waals surface area contributed by atoms with Crippen molar-refractivity contribution in [3.05, 3.63) is 23.8 Å². The second kappa shape index (κ2) is 7.84. The normalized spacial score (nSPS) is 11.0. The molecule has 0 spiro atoms. The first-order chi connectivity index (χ1) is 9.93. The average molecular weight is 316 g/mol. The Balaban J connectivity index is 2.68. The van der Waals surface area contributed by atoms with E-state index >= 15 is 0 Å². The van der Waals surface area contributed by atoms with Gasteiger partial charge in [-0.15, -0.1) is 0 Å². The first-order valence-electron chi connectivity index (χ1n) is 6.41. The Bertz CT molecular complexity index is 586. The number of rotatable bonds is 8. The summed E-state index contributed by atoms with van der Waals surface area (Å²) in [5.41, 5.74) is 0.319. The molecule has 2 N–H and O–H groups in total. The van der Waals surface area contributed by atoms with E-state index in [2.05, 4.69) is 10.0 Å². The highest BCUT2D eigenvalue weighted by molar-refractivity contribution is 7.89. The molecule has 1 rings (SSSR count). The quantitative estimate of drug-likeness (QED) is 0.723. The lowest BCUT2D eigenvalue weighted by Crippen LogP contribution is -2.34. The highest BCUT2D eigenvalue weighted by Gasteiger charge is 2.14. The summed E-state index contributed by atoms with van der Waals surface area (Å²) in [7, 11) is -0.392. The molecule has 0 fully saturated rings. The third-order valence-electron chi connectivity index (χ3n) is 2.67. The van der Waals surface area contributed by atoms with Gasteiger partial charge in [0.1, 0.15) is 11.5 Å². The Morgan fingerprint density at radius 2 is 1.95 bits per heavy atom. The summed E-state index contributed by atoms with van der Waals surface area (Å²) in [6, 6.07) is 4.78. The molecule has 0 saturated carbocycles. The fourth-order valence-electron chi connectivity index (χ4n) is 1.67. The van der Waals surface area contributed by atoms with E-state index in [9.17, 15) is 13.2 Å². The van der Waals surface area contributed by atoms with Crippen molar-refractivity contribution >= 4 is 15.9 Å². The van der Waals surface area contributed by atoms with Crippen LogP contribution in [0.4, 0.5) is 0 Å². The van der Waals surface area contributed by atoms with Crippen molar-refractivity contribution in [2.75, 3.05) is 33.1 Å². The number of carbonyl (C=O) groups excluding carboxylic acids is 1. The Morgan fingerprint density at radius 3 is 2.52 bits per heavy atom. The zero-order valence-electron chi connectivity index (χ0n) is 12.3. The van der Waals surface area contributed by atoms with E-state index in [0.29, 0.717) is 23.6 Å². The summed E-state index contributed by atoms with van der Waals surface area (Å²) in [4.78, 5) is 12.0. The molecule has 0 atom stereocenters. The molecule has 0 aliphatic rings. The highest BCUT2D eigenvalue weighted by Crippen LogP contribution is 2.24. The lowest BCUT2D eigenvalue weighted by Gasteiger charge is -2.11. The molecular weight excluding hydrogens is 296 g/mol. The third kappa shape index (κ3) is 5.24. The summed E-state index contributed by atoms with van der Waals surface area (Å²) in [6.07, 6.45) is 0. The van der Waals surface area contributed by atoms with Crippen LogP contribution in [0.15, 0.2) is 18.2 Å². The van der Waals surface area contributed by atoms with Gasteiger partial charge in [0.2, 0.25) is 10.0 Å². The zero-order valence-corrected chi connectivity index (χ0v) is 13.1. The van der Waals surface area contributed by atoms with E-state index in [1.807, 2.05) is 0 Å². The van der Waals surface area contributed by atoms with Crippen LogP contribution in [0.5, 0.6) is 11.5 Å². The Labute approximate surface area is 124 Å². The van der Waals surface area contributed by atoms with Gasteiger partial charge >= 0.3 is 0 Å². The zero-order chi connectivity index (χ0) is 15.9. The van der Waals surface area contributed by atoms with Gasteiger partial charge in [0.25, 0.3) is 5.91 Å². The molecule has 8 heteroatoms. The van der Waals surface area contributed by atoms with E-state index in [1.165, 1.54) is 14.2 Å². The molecule has 0 saturated heterocycles. The summed E-state index contributed by atoms with van der Waals surface area (Å²) in [6.45, 7) is 2.03. The molecule has 0 unspecified atom stereocenters. The molecule has 0 aliphatic carbocycles. The van der Waals surface area contributed by atoms with Gasteiger partial charge in [-0.2, -0.15) is 0 Å². The minimum Gasteiger partial charge on any atom is -0.497 e. The third-order valence-corrected chi connectivity index (χ3v) is 4.14. The van der Waals surface area contributed by atoms with Gasteiger partial charge in [0, 0.05) is 19.2 Å². The van der Waals surface area contributed by atoms with Gasteiger partial charge in [0.15, 0.2) is 0 Å². The van der Waals surface area contributed by atoms with Crippen molar-refractivity contribution in [3.63, 3.8) is 0 Å². The number of hydrogen-bond donors (Lipinski definition) is 2. The Kier molecular flexibility index (Phi) is 6.44. The van der Waals surface area contributed by atoms with Gasteiger partial charge in [-0.05, 0) is 12.1 Å². The maximum atomic E-state index is 12.0. The number of ether oxygens (including phenoxy) is 2. The number of benzene rings is 1. The van der Waals surface area contributed by atoms with Crippen LogP contribution >= 0.6 is 0 Å². The maximum Gasteiger partial charge on any atom is 0.255 e. The molecule has 7 nitrogen and oxygen atoms in total. The lowest BCUT2D eigenvalue weighted by atomic mass is 10.2. The lowest BCUT2D eigenvalue weighted by molar-refractivity contribution is 0.0953. The number of hydrogen-bond acceptors (Lipinski definition) is 5. The van der Waals surface area contributed by atoms with Crippen molar-refractivity contribution in [1.82, 2.24) is 10.0 Å². The Morgan fingerprint density at radius 1 is 1.24 bits per heavy atom. The van der Waals surface area contributed by atoms with Crippen molar-refractivity contribution < 1.29 is 22.7 Å². The predicted molar refractivity (Wildman–Crippen MR) is 79.3 cm³/mol. The minimum atomic E-state index is -3.35. The largest absolute Gasteiger partial charge is 0.497 e. The molecule has 0 bridgehead atoms. The van der Waals surface area contributed by atoms with Crippen LogP contribution in [-0.2, 0) is 10.0 Å². The molecule has 118 valence electrons. The SMILES string of the molecule is CCNS(=O)(=O)CCNC(=O)c1ccc(OC)cc1OC. The summed E-state index contributed by atoms with van der Waals surface area (Å²) < 4.78 is 35.4. The summed E-state index contributed by atoms with van der Waals surface area (Å²) in [5.74, 6) is 0.353.